The number of aromatic nitrogens is 2. The monoisotopic (exact) mass is 235 g/mol. The van der Waals surface area contributed by atoms with E-state index in [1.807, 2.05) is 11.8 Å². The standard InChI is InChI=1S/C12H17N3O2/c1-2-9-17-11(16)10-5-3-8-15(10)12-13-6-4-7-14-12/h4,6-7,10H,2-3,5,8-9H2,1H3. The Morgan fingerprint density at radius 1 is 1.53 bits per heavy atom. The maximum Gasteiger partial charge on any atom is 0.328 e. The zero-order chi connectivity index (χ0) is 12.1. The molecular weight excluding hydrogens is 218 g/mol. The van der Waals surface area contributed by atoms with Crippen LogP contribution in [0.4, 0.5) is 5.95 Å². The van der Waals surface area contributed by atoms with E-state index in [0.29, 0.717) is 12.6 Å². The van der Waals surface area contributed by atoms with Crippen LogP contribution in [-0.2, 0) is 9.53 Å². The lowest BCUT2D eigenvalue weighted by Crippen LogP contribution is -2.38. The summed E-state index contributed by atoms with van der Waals surface area (Å²) >= 11 is 0. The van der Waals surface area contributed by atoms with Crippen molar-refractivity contribution >= 4 is 11.9 Å². The highest BCUT2D eigenvalue weighted by atomic mass is 16.5. The minimum Gasteiger partial charge on any atom is -0.464 e. The summed E-state index contributed by atoms with van der Waals surface area (Å²) in [6.45, 7) is 3.29. The number of ether oxygens (including phenoxy) is 1. The molecule has 0 radical (unpaired) electrons. The molecule has 1 aromatic rings. The number of carbonyl (C=O) groups is 1. The fraction of sp³-hybridized carbons (Fsp3) is 0.583. The maximum absolute atomic E-state index is 11.9. The van der Waals surface area contributed by atoms with Gasteiger partial charge in [-0.1, -0.05) is 6.92 Å². The van der Waals surface area contributed by atoms with Gasteiger partial charge < -0.3 is 9.64 Å². The number of carbonyl (C=O) groups excluding carboxylic acids is 1. The number of hydrogen-bond donors (Lipinski definition) is 0. The lowest BCUT2D eigenvalue weighted by molar-refractivity contribution is -0.145. The van der Waals surface area contributed by atoms with Crippen LogP contribution in [0.1, 0.15) is 26.2 Å². The van der Waals surface area contributed by atoms with E-state index in [4.69, 9.17) is 4.74 Å². The van der Waals surface area contributed by atoms with E-state index >= 15 is 0 Å². The molecule has 1 aliphatic rings. The van der Waals surface area contributed by atoms with Crippen LogP contribution in [0.2, 0.25) is 0 Å². The van der Waals surface area contributed by atoms with Crippen molar-refractivity contribution in [3.63, 3.8) is 0 Å². The molecule has 0 aromatic carbocycles. The van der Waals surface area contributed by atoms with E-state index in [-0.39, 0.29) is 12.0 Å². The van der Waals surface area contributed by atoms with Gasteiger partial charge in [0, 0.05) is 18.9 Å². The van der Waals surface area contributed by atoms with Crippen molar-refractivity contribution in [1.29, 1.82) is 0 Å². The minimum absolute atomic E-state index is 0.156. The molecule has 1 fully saturated rings. The molecule has 5 nitrogen and oxygen atoms in total. The third-order valence-corrected chi connectivity index (χ3v) is 2.78. The maximum atomic E-state index is 11.9. The second kappa shape index (κ2) is 5.61. The molecule has 1 atom stereocenters. The third-order valence-electron chi connectivity index (χ3n) is 2.78. The first-order chi connectivity index (χ1) is 8.33. The largest absolute Gasteiger partial charge is 0.464 e. The van der Waals surface area contributed by atoms with Gasteiger partial charge in [0.05, 0.1) is 6.61 Å². The lowest BCUT2D eigenvalue weighted by atomic mass is 10.2. The Bertz CT molecular complexity index is 369. The van der Waals surface area contributed by atoms with Crippen LogP contribution in [-0.4, -0.2) is 35.1 Å². The Morgan fingerprint density at radius 3 is 3.00 bits per heavy atom. The van der Waals surface area contributed by atoms with Gasteiger partial charge >= 0.3 is 5.97 Å². The van der Waals surface area contributed by atoms with Crippen LogP contribution >= 0.6 is 0 Å². The summed E-state index contributed by atoms with van der Waals surface area (Å²) in [6.07, 6.45) is 6.02. The van der Waals surface area contributed by atoms with Crippen LogP contribution in [0.15, 0.2) is 18.5 Å². The molecule has 92 valence electrons. The Balaban J connectivity index is 2.05. The van der Waals surface area contributed by atoms with Gasteiger partial charge in [-0.05, 0) is 25.3 Å². The van der Waals surface area contributed by atoms with Crippen molar-refractivity contribution < 1.29 is 9.53 Å². The molecule has 2 heterocycles. The quantitative estimate of drug-likeness (QED) is 0.738. The second-order valence-electron chi connectivity index (χ2n) is 4.07. The smallest absolute Gasteiger partial charge is 0.328 e. The van der Waals surface area contributed by atoms with E-state index in [9.17, 15) is 4.79 Å². The van der Waals surface area contributed by atoms with Crippen molar-refractivity contribution in [2.45, 2.75) is 32.2 Å². The topological polar surface area (TPSA) is 55.3 Å². The molecular formula is C12H17N3O2. The van der Waals surface area contributed by atoms with Gasteiger partial charge in [-0.2, -0.15) is 0 Å². The average molecular weight is 235 g/mol. The average Bonchev–Trinajstić information content (AvgIpc) is 2.86. The number of hydrogen-bond acceptors (Lipinski definition) is 5. The van der Waals surface area contributed by atoms with Crippen LogP contribution in [0.25, 0.3) is 0 Å². The highest BCUT2D eigenvalue weighted by Crippen LogP contribution is 2.22. The molecule has 5 heteroatoms. The molecule has 0 aliphatic carbocycles. The van der Waals surface area contributed by atoms with E-state index in [0.717, 1.165) is 25.8 Å². The van der Waals surface area contributed by atoms with Crippen LogP contribution in [0, 0.1) is 0 Å². The molecule has 1 saturated heterocycles. The first-order valence-electron chi connectivity index (χ1n) is 6.03. The van der Waals surface area contributed by atoms with Crippen LogP contribution in [0.3, 0.4) is 0 Å². The van der Waals surface area contributed by atoms with Crippen molar-refractivity contribution in [3.05, 3.63) is 18.5 Å². The van der Waals surface area contributed by atoms with E-state index in [1.54, 1.807) is 18.5 Å². The number of nitrogens with zero attached hydrogens (tertiary/aromatic N) is 3. The van der Waals surface area contributed by atoms with E-state index < -0.39 is 0 Å². The fourth-order valence-corrected chi connectivity index (χ4v) is 1.99. The van der Waals surface area contributed by atoms with E-state index in [1.165, 1.54) is 0 Å². The Labute approximate surface area is 101 Å². The van der Waals surface area contributed by atoms with Gasteiger partial charge in [-0.25, -0.2) is 14.8 Å². The summed E-state index contributed by atoms with van der Waals surface area (Å²) in [5.74, 6) is 0.459. The highest BCUT2D eigenvalue weighted by molar-refractivity contribution is 5.80. The summed E-state index contributed by atoms with van der Waals surface area (Å²) in [7, 11) is 0. The molecule has 1 unspecified atom stereocenters. The Hall–Kier alpha value is -1.65. The summed E-state index contributed by atoms with van der Waals surface area (Å²) in [5, 5.41) is 0. The predicted octanol–water partition coefficient (Wildman–Crippen LogP) is 1.40. The predicted molar refractivity (Wildman–Crippen MR) is 63.7 cm³/mol. The zero-order valence-electron chi connectivity index (χ0n) is 10.0. The second-order valence-corrected chi connectivity index (χ2v) is 4.07. The van der Waals surface area contributed by atoms with E-state index in [2.05, 4.69) is 9.97 Å². The first kappa shape index (κ1) is 11.8. The molecule has 0 spiro atoms. The molecule has 2 rings (SSSR count). The van der Waals surface area contributed by atoms with Crippen LogP contribution < -0.4 is 4.90 Å². The van der Waals surface area contributed by atoms with Gasteiger partial charge in [0.25, 0.3) is 0 Å². The highest BCUT2D eigenvalue weighted by Gasteiger charge is 2.33. The first-order valence-corrected chi connectivity index (χ1v) is 6.03. The molecule has 0 bridgehead atoms. The summed E-state index contributed by atoms with van der Waals surface area (Å²) in [6, 6.07) is 1.55. The summed E-state index contributed by atoms with van der Waals surface area (Å²) in [5.41, 5.74) is 0. The number of esters is 1. The Kier molecular flexibility index (Phi) is 3.90. The van der Waals surface area contributed by atoms with Gasteiger partial charge in [0.2, 0.25) is 5.95 Å². The normalized spacial score (nSPS) is 19.4. The van der Waals surface area contributed by atoms with Crippen molar-refractivity contribution in [3.8, 4) is 0 Å². The Morgan fingerprint density at radius 2 is 2.29 bits per heavy atom. The SMILES string of the molecule is CCCOC(=O)C1CCCN1c1ncccn1. The zero-order valence-corrected chi connectivity index (χ0v) is 10.0. The third kappa shape index (κ3) is 2.72. The molecule has 1 aliphatic heterocycles. The molecule has 0 saturated carbocycles. The van der Waals surface area contributed by atoms with Crippen LogP contribution in [0.5, 0.6) is 0 Å². The molecule has 0 N–H and O–H groups in total. The summed E-state index contributed by atoms with van der Waals surface area (Å²) < 4.78 is 5.19. The van der Waals surface area contributed by atoms with Gasteiger partial charge in [0.15, 0.2) is 0 Å². The van der Waals surface area contributed by atoms with Gasteiger partial charge in [0.1, 0.15) is 6.04 Å². The number of anilines is 1. The molecule has 1 aromatic heterocycles. The molecule has 17 heavy (non-hydrogen) atoms. The number of rotatable bonds is 4. The molecule has 0 amide bonds. The fourth-order valence-electron chi connectivity index (χ4n) is 1.99. The van der Waals surface area contributed by atoms with Gasteiger partial charge in [-0.15, -0.1) is 0 Å². The van der Waals surface area contributed by atoms with Crippen molar-refractivity contribution in [2.24, 2.45) is 0 Å². The summed E-state index contributed by atoms with van der Waals surface area (Å²) in [4.78, 5) is 22.2. The van der Waals surface area contributed by atoms with Crippen molar-refractivity contribution in [1.82, 2.24) is 9.97 Å². The lowest BCUT2D eigenvalue weighted by Gasteiger charge is -2.22. The van der Waals surface area contributed by atoms with Crippen molar-refractivity contribution in [2.75, 3.05) is 18.1 Å². The minimum atomic E-state index is -0.219. The van der Waals surface area contributed by atoms with Gasteiger partial charge in [-0.3, -0.25) is 0 Å².